The van der Waals surface area contributed by atoms with Crippen LogP contribution in [0.15, 0.2) is 64.2 Å². The van der Waals surface area contributed by atoms with Crippen LogP contribution in [0.2, 0.25) is 0 Å². The summed E-state index contributed by atoms with van der Waals surface area (Å²) in [7, 11) is -4.25. The third-order valence-electron chi connectivity index (χ3n) is 3.23. The number of alkyl halides is 3. The number of nitrogens with one attached hydrogen (secondary N) is 1. The van der Waals surface area contributed by atoms with E-state index in [2.05, 4.69) is 14.9 Å². The standard InChI is InChI=1S/C15H10F3N3O3S/c16-15(17,18)10-4-3-5-11(8-10)25(22,23)21-13-7-2-1-6-12(13)14-20-19-9-24-14/h1-9,21H. The van der Waals surface area contributed by atoms with Gasteiger partial charge in [0, 0.05) is 0 Å². The Bertz CT molecular complexity index is 987. The molecule has 1 aromatic heterocycles. The normalized spacial score (nSPS) is 12.1. The quantitative estimate of drug-likeness (QED) is 0.760. The molecule has 0 atom stereocenters. The Morgan fingerprint density at radius 2 is 1.80 bits per heavy atom. The largest absolute Gasteiger partial charge is 0.423 e. The highest BCUT2D eigenvalue weighted by molar-refractivity contribution is 7.92. The van der Waals surface area contributed by atoms with Crippen LogP contribution in [-0.2, 0) is 16.2 Å². The van der Waals surface area contributed by atoms with Crippen molar-refractivity contribution in [1.29, 1.82) is 0 Å². The second-order valence-corrected chi connectivity index (χ2v) is 6.60. The van der Waals surface area contributed by atoms with Gasteiger partial charge in [-0.2, -0.15) is 13.2 Å². The molecular formula is C15H10F3N3O3S. The van der Waals surface area contributed by atoms with E-state index in [-0.39, 0.29) is 11.6 Å². The summed E-state index contributed by atoms with van der Waals surface area (Å²) in [6.45, 7) is 0. The molecule has 1 heterocycles. The lowest BCUT2D eigenvalue weighted by atomic mass is 10.2. The number of benzene rings is 2. The van der Waals surface area contributed by atoms with Crippen LogP contribution in [0.25, 0.3) is 11.5 Å². The van der Waals surface area contributed by atoms with Gasteiger partial charge in [-0.25, -0.2) is 8.42 Å². The SMILES string of the molecule is O=S(=O)(Nc1ccccc1-c1nnco1)c1cccc(C(F)(F)F)c1. The number of aromatic nitrogens is 2. The van der Waals surface area contributed by atoms with Crippen molar-refractivity contribution in [1.82, 2.24) is 10.2 Å². The first-order valence-corrected chi connectivity index (χ1v) is 8.31. The summed E-state index contributed by atoms with van der Waals surface area (Å²) in [5, 5.41) is 7.21. The minimum atomic E-state index is -4.65. The van der Waals surface area contributed by atoms with Crippen LogP contribution >= 0.6 is 0 Å². The summed E-state index contributed by atoms with van der Waals surface area (Å²) in [5.74, 6) is 0.0716. The van der Waals surface area contributed by atoms with Gasteiger partial charge < -0.3 is 4.42 Å². The van der Waals surface area contributed by atoms with Crippen molar-refractivity contribution >= 4 is 15.7 Å². The second kappa shape index (κ2) is 6.20. The van der Waals surface area contributed by atoms with Gasteiger partial charge in [-0.05, 0) is 30.3 Å². The number of anilines is 1. The Balaban J connectivity index is 1.99. The van der Waals surface area contributed by atoms with E-state index in [1.165, 1.54) is 12.1 Å². The molecule has 3 aromatic rings. The first-order valence-electron chi connectivity index (χ1n) is 6.83. The average molecular weight is 369 g/mol. The summed E-state index contributed by atoms with van der Waals surface area (Å²) in [6, 6.07) is 9.63. The third-order valence-corrected chi connectivity index (χ3v) is 4.60. The van der Waals surface area contributed by atoms with Crippen molar-refractivity contribution in [2.45, 2.75) is 11.1 Å². The van der Waals surface area contributed by atoms with Crippen LogP contribution in [0.4, 0.5) is 18.9 Å². The summed E-state index contributed by atoms with van der Waals surface area (Å²) in [5.41, 5.74) is -0.653. The Morgan fingerprint density at radius 1 is 1.04 bits per heavy atom. The van der Waals surface area contributed by atoms with Gasteiger partial charge in [-0.3, -0.25) is 4.72 Å². The molecule has 0 aliphatic heterocycles. The summed E-state index contributed by atoms with van der Waals surface area (Å²) in [4.78, 5) is -0.511. The smallest absolute Gasteiger partial charge is 0.416 e. The van der Waals surface area contributed by atoms with Crippen molar-refractivity contribution in [2.75, 3.05) is 4.72 Å². The Hall–Kier alpha value is -2.88. The highest BCUT2D eigenvalue weighted by atomic mass is 32.2. The van der Waals surface area contributed by atoms with E-state index in [0.29, 0.717) is 11.6 Å². The molecule has 6 nitrogen and oxygen atoms in total. The maximum Gasteiger partial charge on any atom is 0.416 e. The molecule has 0 amide bonds. The van der Waals surface area contributed by atoms with E-state index in [1.807, 2.05) is 0 Å². The fourth-order valence-corrected chi connectivity index (χ4v) is 3.22. The van der Waals surface area contributed by atoms with Crippen LogP contribution in [0.5, 0.6) is 0 Å². The topological polar surface area (TPSA) is 85.1 Å². The van der Waals surface area contributed by atoms with Crippen molar-refractivity contribution in [3.05, 3.63) is 60.5 Å². The highest BCUT2D eigenvalue weighted by Crippen LogP contribution is 2.32. The molecule has 0 saturated heterocycles. The van der Waals surface area contributed by atoms with Gasteiger partial charge in [0.1, 0.15) is 0 Å². The maximum absolute atomic E-state index is 12.8. The van der Waals surface area contributed by atoms with E-state index >= 15 is 0 Å². The van der Waals surface area contributed by atoms with Gasteiger partial charge >= 0.3 is 6.18 Å². The van der Waals surface area contributed by atoms with Gasteiger partial charge in [0.15, 0.2) is 0 Å². The third kappa shape index (κ3) is 3.63. The predicted molar refractivity (Wildman–Crippen MR) is 82.0 cm³/mol. The minimum absolute atomic E-state index is 0.0716. The molecule has 0 radical (unpaired) electrons. The van der Waals surface area contributed by atoms with Crippen LogP contribution in [0, 0.1) is 0 Å². The number of sulfonamides is 1. The molecule has 0 aliphatic carbocycles. The predicted octanol–water partition coefficient (Wildman–Crippen LogP) is 3.56. The monoisotopic (exact) mass is 369 g/mol. The second-order valence-electron chi connectivity index (χ2n) is 4.92. The molecule has 10 heteroatoms. The minimum Gasteiger partial charge on any atom is -0.423 e. The Kier molecular flexibility index (Phi) is 4.21. The van der Waals surface area contributed by atoms with Crippen molar-refractivity contribution < 1.29 is 26.0 Å². The maximum atomic E-state index is 12.8. The molecule has 25 heavy (non-hydrogen) atoms. The molecule has 1 N–H and O–H groups in total. The molecule has 0 spiro atoms. The van der Waals surface area contributed by atoms with Gasteiger partial charge in [-0.1, -0.05) is 18.2 Å². The molecule has 0 fully saturated rings. The fourth-order valence-electron chi connectivity index (χ4n) is 2.09. The molecule has 130 valence electrons. The number of rotatable bonds is 4. The van der Waals surface area contributed by atoms with Crippen molar-refractivity contribution in [2.24, 2.45) is 0 Å². The first-order chi connectivity index (χ1) is 11.8. The highest BCUT2D eigenvalue weighted by Gasteiger charge is 2.31. The number of hydrogen-bond donors (Lipinski definition) is 1. The summed E-state index contributed by atoms with van der Waals surface area (Å²) < 4.78 is 70.6. The van der Waals surface area contributed by atoms with Crippen LogP contribution in [0.1, 0.15) is 5.56 Å². The zero-order valence-corrected chi connectivity index (χ0v) is 13.2. The lowest BCUT2D eigenvalue weighted by Crippen LogP contribution is -2.15. The van der Waals surface area contributed by atoms with Gasteiger partial charge in [0.2, 0.25) is 12.3 Å². The van der Waals surface area contributed by atoms with Crippen molar-refractivity contribution in [3.63, 3.8) is 0 Å². The Morgan fingerprint density at radius 3 is 2.48 bits per heavy atom. The molecule has 0 bridgehead atoms. The number of hydrogen-bond acceptors (Lipinski definition) is 5. The first kappa shape index (κ1) is 17.0. The van der Waals surface area contributed by atoms with Crippen LogP contribution < -0.4 is 4.72 Å². The van der Waals surface area contributed by atoms with E-state index < -0.39 is 26.7 Å². The molecule has 0 saturated carbocycles. The fraction of sp³-hybridized carbons (Fsp3) is 0.0667. The number of para-hydroxylation sites is 1. The Labute approximate surface area is 140 Å². The zero-order valence-electron chi connectivity index (χ0n) is 12.4. The molecule has 0 unspecified atom stereocenters. The molecule has 0 aliphatic rings. The zero-order chi connectivity index (χ0) is 18.1. The van der Waals surface area contributed by atoms with Crippen LogP contribution in [0.3, 0.4) is 0 Å². The number of halogens is 3. The summed E-state index contributed by atoms with van der Waals surface area (Å²) in [6.07, 6.45) is -3.57. The number of nitrogens with zero attached hydrogens (tertiary/aromatic N) is 2. The molecular weight excluding hydrogens is 359 g/mol. The molecule has 2 aromatic carbocycles. The lowest BCUT2D eigenvalue weighted by molar-refractivity contribution is -0.137. The average Bonchev–Trinajstić information content (AvgIpc) is 3.09. The van der Waals surface area contributed by atoms with E-state index in [0.717, 1.165) is 24.6 Å². The van der Waals surface area contributed by atoms with Crippen LogP contribution in [-0.4, -0.2) is 18.6 Å². The van der Waals surface area contributed by atoms with E-state index in [4.69, 9.17) is 4.42 Å². The molecule has 3 rings (SSSR count). The van der Waals surface area contributed by atoms with E-state index in [9.17, 15) is 21.6 Å². The van der Waals surface area contributed by atoms with E-state index in [1.54, 1.807) is 12.1 Å². The van der Waals surface area contributed by atoms with Crippen molar-refractivity contribution in [3.8, 4) is 11.5 Å². The van der Waals surface area contributed by atoms with Gasteiger partial charge in [0.05, 0.1) is 21.7 Å². The summed E-state index contributed by atoms with van der Waals surface area (Å²) >= 11 is 0. The van der Waals surface area contributed by atoms with Gasteiger partial charge in [0.25, 0.3) is 10.0 Å². The lowest BCUT2D eigenvalue weighted by Gasteiger charge is -2.12. The van der Waals surface area contributed by atoms with Gasteiger partial charge in [-0.15, -0.1) is 10.2 Å².